The molecule has 2 N–H and O–H groups in total. The molecule has 0 radical (unpaired) electrons. The molecule has 2 saturated carbocycles. The summed E-state index contributed by atoms with van der Waals surface area (Å²) >= 11 is 2.11. The van der Waals surface area contributed by atoms with E-state index in [2.05, 4.69) is 32.3 Å². The van der Waals surface area contributed by atoms with E-state index in [0.717, 1.165) is 12.5 Å². The average Bonchev–Trinajstić information content (AvgIpc) is 3.37. The van der Waals surface area contributed by atoms with Crippen molar-refractivity contribution in [3.05, 3.63) is 0 Å². The minimum Gasteiger partial charge on any atom is -0.355 e. The molecule has 0 amide bonds. The average molecular weight is 311 g/mol. The highest BCUT2D eigenvalue weighted by Crippen LogP contribution is 2.34. The van der Waals surface area contributed by atoms with Gasteiger partial charge < -0.3 is 10.6 Å². The Morgan fingerprint density at radius 3 is 2.52 bits per heavy atom. The van der Waals surface area contributed by atoms with Crippen LogP contribution in [0.15, 0.2) is 4.99 Å². The fourth-order valence-corrected chi connectivity index (χ4v) is 4.62. The van der Waals surface area contributed by atoms with Gasteiger partial charge in [0.25, 0.3) is 0 Å². The van der Waals surface area contributed by atoms with E-state index in [1.54, 1.807) is 0 Å². The molecule has 3 fully saturated rings. The Labute approximate surface area is 133 Å². The zero-order valence-corrected chi connectivity index (χ0v) is 14.2. The normalized spacial score (nSPS) is 27.4. The second kappa shape index (κ2) is 7.23. The van der Waals surface area contributed by atoms with Crippen LogP contribution in [0.1, 0.15) is 44.9 Å². The number of guanidine groups is 1. The number of rotatable bonds is 4. The molecule has 0 aromatic carbocycles. The Hall–Kier alpha value is -0.420. The molecule has 21 heavy (non-hydrogen) atoms. The van der Waals surface area contributed by atoms with Crippen molar-refractivity contribution in [2.75, 3.05) is 38.2 Å². The second-order valence-electron chi connectivity index (χ2n) is 6.73. The third kappa shape index (κ3) is 4.07. The summed E-state index contributed by atoms with van der Waals surface area (Å²) < 4.78 is 0. The minimum absolute atomic E-state index is 0.375. The Morgan fingerprint density at radius 2 is 1.90 bits per heavy atom. The highest BCUT2D eigenvalue weighted by atomic mass is 32.2. The SMILES string of the molecule is CN=C(NCC1(N2CCSCC2)CCCCC1)NC1CC1. The van der Waals surface area contributed by atoms with E-state index in [1.165, 1.54) is 69.5 Å². The molecule has 3 rings (SSSR count). The topological polar surface area (TPSA) is 39.7 Å². The van der Waals surface area contributed by atoms with E-state index < -0.39 is 0 Å². The third-order valence-electron chi connectivity index (χ3n) is 5.19. The van der Waals surface area contributed by atoms with Gasteiger partial charge in [-0.15, -0.1) is 0 Å². The summed E-state index contributed by atoms with van der Waals surface area (Å²) in [5.74, 6) is 3.61. The molecule has 0 aromatic rings. The van der Waals surface area contributed by atoms with Gasteiger partial charge in [0.1, 0.15) is 0 Å². The van der Waals surface area contributed by atoms with Crippen LogP contribution >= 0.6 is 11.8 Å². The van der Waals surface area contributed by atoms with Crippen molar-refractivity contribution in [3.63, 3.8) is 0 Å². The number of nitrogens with zero attached hydrogens (tertiary/aromatic N) is 2. The maximum atomic E-state index is 4.40. The molecular weight excluding hydrogens is 280 g/mol. The van der Waals surface area contributed by atoms with Gasteiger partial charge in [-0.1, -0.05) is 19.3 Å². The fourth-order valence-electron chi connectivity index (χ4n) is 3.72. The van der Waals surface area contributed by atoms with Gasteiger partial charge in [0, 0.05) is 49.8 Å². The third-order valence-corrected chi connectivity index (χ3v) is 6.14. The van der Waals surface area contributed by atoms with Crippen molar-refractivity contribution in [1.82, 2.24) is 15.5 Å². The van der Waals surface area contributed by atoms with Crippen LogP contribution < -0.4 is 10.6 Å². The van der Waals surface area contributed by atoms with Crippen LogP contribution in [0, 0.1) is 0 Å². The van der Waals surface area contributed by atoms with Gasteiger partial charge >= 0.3 is 0 Å². The summed E-state index contributed by atoms with van der Waals surface area (Å²) in [6.07, 6.45) is 9.50. The highest BCUT2D eigenvalue weighted by molar-refractivity contribution is 7.99. The van der Waals surface area contributed by atoms with Gasteiger partial charge in [-0.05, 0) is 25.7 Å². The molecule has 1 heterocycles. The number of aliphatic imine (C=N–C) groups is 1. The highest BCUT2D eigenvalue weighted by Gasteiger charge is 2.38. The van der Waals surface area contributed by atoms with Crippen LogP contribution in [-0.2, 0) is 0 Å². The van der Waals surface area contributed by atoms with Gasteiger partial charge in [-0.25, -0.2) is 0 Å². The lowest BCUT2D eigenvalue weighted by atomic mass is 9.80. The van der Waals surface area contributed by atoms with Gasteiger partial charge in [0.2, 0.25) is 0 Å². The second-order valence-corrected chi connectivity index (χ2v) is 7.95. The van der Waals surface area contributed by atoms with E-state index in [-0.39, 0.29) is 0 Å². The summed E-state index contributed by atoms with van der Waals surface area (Å²) in [7, 11) is 1.89. The van der Waals surface area contributed by atoms with Crippen LogP contribution in [0.4, 0.5) is 0 Å². The van der Waals surface area contributed by atoms with Gasteiger partial charge in [0.05, 0.1) is 0 Å². The summed E-state index contributed by atoms with van der Waals surface area (Å²) in [6.45, 7) is 3.59. The summed E-state index contributed by atoms with van der Waals surface area (Å²) in [5, 5.41) is 7.16. The summed E-state index contributed by atoms with van der Waals surface area (Å²) in [6, 6.07) is 0.671. The molecule has 0 spiro atoms. The molecule has 120 valence electrons. The molecule has 2 aliphatic carbocycles. The Bertz CT molecular complexity index is 355. The molecule has 0 bridgehead atoms. The Kier molecular flexibility index (Phi) is 5.33. The quantitative estimate of drug-likeness (QED) is 0.616. The molecule has 3 aliphatic rings. The number of hydrogen-bond acceptors (Lipinski definition) is 3. The van der Waals surface area contributed by atoms with Crippen molar-refractivity contribution in [3.8, 4) is 0 Å². The monoisotopic (exact) mass is 310 g/mol. The van der Waals surface area contributed by atoms with E-state index in [1.807, 2.05) is 7.05 Å². The molecule has 0 unspecified atom stereocenters. The lowest BCUT2D eigenvalue weighted by Crippen LogP contribution is -2.59. The van der Waals surface area contributed by atoms with E-state index in [9.17, 15) is 0 Å². The first kappa shape index (κ1) is 15.5. The zero-order chi connectivity index (χ0) is 14.5. The van der Waals surface area contributed by atoms with Crippen molar-refractivity contribution in [2.24, 2.45) is 4.99 Å². The Balaban J connectivity index is 1.60. The van der Waals surface area contributed by atoms with Crippen molar-refractivity contribution < 1.29 is 0 Å². The Morgan fingerprint density at radius 1 is 1.19 bits per heavy atom. The number of hydrogen-bond donors (Lipinski definition) is 2. The van der Waals surface area contributed by atoms with Gasteiger partial charge in [-0.3, -0.25) is 9.89 Å². The fraction of sp³-hybridized carbons (Fsp3) is 0.938. The first-order valence-electron chi connectivity index (χ1n) is 8.62. The van der Waals surface area contributed by atoms with Crippen LogP contribution in [0.3, 0.4) is 0 Å². The molecular formula is C16H30N4S. The molecule has 0 atom stereocenters. The van der Waals surface area contributed by atoms with Crippen LogP contribution in [0.2, 0.25) is 0 Å². The largest absolute Gasteiger partial charge is 0.355 e. The molecule has 5 heteroatoms. The predicted octanol–water partition coefficient (Wildman–Crippen LogP) is 2.07. The number of nitrogens with one attached hydrogen (secondary N) is 2. The van der Waals surface area contributed by atoms with Crippen molar-refractivity contribution in [2.45, 2.75) is 56.5 Å². The molecule has 0 aromatic heterocycles. The van der Waals surface area contributed by atoms with Crippen LogP contribution in [0.5, 0.6) is 0 Å². The minimum atomic E-state index is 0.375. The summed E-state index contributed by atoms with van der Waals surface area (Å²) in [5.41, 5.74) is 0.375. The van der Waals surface area contributed by atoms with E-state index >= 15 is 0 Å². The molecule has 4 nitrogen and oxygen atoms in total. The first-order chi connectivity index (χ1) is 10.3. The maximum absolute atomic E-state index is 4.40. The van der Waals surface area contributed by atoms with Gasteiger partial charge in [0.15, 0.2) is 5.96 Å². The van der Waals surface area contributed by atoms with E-state index in [4.69, 9.17) is 0 Å². The lowest BCUT2D eigenvalue weighted by molar-refractivity contribution is 0.0626. The predicted molar refractivity (Wildman–Crippen MR) is 92.2 cm³/mol. The summed E-state index contributed by atoms with van der Waals surface area (Å²) in [4.78, 5) is 7.18. The van der Waals surface area contributed by atoms with Crippen molar-refractivity contribution >= 4 is 17.7 Å². The first-order valence-corrected chi connectivity index (χ1v) is 9.78. The van der Waals surface area contributed by atoms with Crippen LogP contribution in [0.25, 0.3) is 0 Å². The van der Waals surface area contributed by atoms with Gasteiger partial charge in [-0.2, -0.15) is 11.8 Å². The molecule has 1 aliphatic heterocycles. The number of thioether (sulfide) groups is 1. The van der Waals surface area contributed by atoms with Crippen molar-refractivity contribution in [1.29, 1.82) is 0 Å². The molecule has 1 saturated heterocycles. The smallest absolute Gasteiger partial charge is 0.191 e. The zero-order valence-electron chi connectivity index (χ0n) is 13.4. The lowest BCUT2D eigenvalue weighted by Gasteiger charge is -2.48. The van der Waals surface area contributed by atoms with Crippen LogP contribution in [-0.4, -0.2) is 60.6 Å². The maximum Gasteiger partial charge on any atom is 0.191 e. The van der Waals surface area contributed by atoms with E-state index in [0.29, 0.717) is 11.6 Å². The standard InChI is InChI=1S/C16H30N4S/c1-17-15(19-14-5-6-14)18-13-16(7-3-2-4-8-16)20-9-11-21-12-10-20/h14H,2-13H2,1H3,(H2,17,18,19).